The van der Waals surface area contributed by atoms with Gasteiger partial charge in [-0.1, -0.05) is 38.3 Å². The molecule has 4 nitrogen and oxygen atoms in total. The molecule has 3 rings (SSSR count). The fourth-order valence-electron chi connectivity index (χ4n) is 3.77. The molecule has 0 aliphatic heterocycles. The maximum Gasteiger partial charge on any atom is 0.235 e. The molecular weight excluding hydrogens is 343 g/mol. The molecule has 2 aromatic rings. The van der Waals surface area contributed by atoms with Crippen LogP contribution in [-0.4, -0.2) is 17.5 Å². The number of pyridine rings is 1. The average Bonchev–Trinajstić information content (AvgIpc) is 2.69. The zero-order valence-corrected chi connectivity index (χ0v) is 16.1. The third kappa shape index (κ3) is 4.29. The fraction of sp³-hybridized carbons (Fsp3) is 0.455. The molecule has 1 aliphatic carbocycles. The molecule has 1 heterocycles. The van der Waals surface area contributed by atoms with E-state index in [1.54, 1.807) is 18.2 Å². The number of nitrogens with one attached hydrogen (secondary N) is 1. The summed E-state index contributed by atoms with van der Waals surface area (Å²) in [5.74, 6) is 0.243. The molecule has 0 atom stereocenters. The lowest BCUT2D eigenvalue weighted by molar-refractivity contribution is -0.122. The predicted molar refractivity (Wildman–Crippen MR) is 105 cm³/mol. The first-order valence-corrected chi connectivity index (χ1v) is 9.73. The fourth-order valence-corrected chi connectivity index (χ4v) is 3.77. The summed E-state index contributed by atoms with van der Waals surface area (Å²) in [7, 11) is 0. The predicted octanol–water partition coefficient (Wildman–Crippen LogP) is 5.16. The number of amides is 1. The van der Waals surface area contributed by atoms with Crippen molar-refractivity contribution >= 4 is 11.6 Å². The maximum atomic E-state index is 13.4. The van der Waals surface area contributed by atoms with Crippen LogP contribution in [0.3, 0.4) is 0 Å². The number of halogens is 1. The number of carbonyl (C=O) groups is 1. The van der Waals surface area contributed by atoms with Gasteiger partial charge in [0, 0.05) is 6.07 Å². The number of nitrogens with zero attached hydrogens (tertiary/aromatic N) is 1. The minimum Gasteiger partial charge on any atom is -0.478 e. The molecule has 144 valence electrons. The Morgan fingerprint density at radius 2 is 1.85 bits per heavy atom. The van der Waals surface area contributed by atoms with Gasteiger partial charge in [0.15, 0.2) is 0 Å². The molecular formula is C22H27FN2O2. The topological polar surface area (TPSA) is 51.2 Å². The SMILES string of the molecule is CCCOc1ccc(NC(=O)C2(c3ccc(F)cc3)CCCCC2)c(C)n1. The lowest BCUT2D eigenvalue weighted by Gasteiger charge is -2.36. The van der Waals surface area contributed by atoms with Gasteiger partial charge in [-0.25, -0.2) is 9.37 Å². The summed E-state index contributed by atoms with van der Waals surface area (Å²) in [6.07, 6.45) is 5.57. The Kier molecular flexibility index (Phi) is 6.09. The second-order valence-corrected chi connectivity index (χ2v) is 7.23. The summed E-state index contributed by atoms with van der Waals surface area (Å²) in [6, 6.07) is 9.98. The van der Waals surface area contributed by atoms with Crippen LogP contribution in [0.1, 0.15) is 56.7 Å². The molecule has 1 aliphatic rings. The van der Waals surface area contributed by atoms with Crippen LogP contribution in [0.2, 0.25) is 0 Å². The standard InChI is InChI=1S/C22H27FN2O2/c1-3-15-27-20-12-11-19(16(2)24-20)25-21(26)22(13-5-4-6-14-22)17-7-9-18(23)10-8-17/h7-12H,3-6,13-15H2,1-2H3,(H,25,26). The zero-order valence-electron chi connectivity index (χ0n) is 16.1. The van der Waals surface area contributed by atoms with Gasteiger partial charge in [-0.05, 0) is 49.9 Å². The van der Waals surface area contributed by atoms with E-state index in [0.717, 1.165) is 49.8 Å². The molecule has 1 saturated carbocycles. The Hall–Kier alpha value is -2.43. The normalized spacial score (nSPS) is 16.0. The van der Waals surface area contributed by atoms with Gasteiger partial charge in [-0.15, -0.1) is 0 Å². The molecule has 1 amide bonds. The molecule has 0 spiro atoms. The Labute approximate surface area is 160 Å². The lowest BCUT2D eigenvalue weighted by atomic mass is 9.68. The Balaban J connectivity index is 1.84. The van der Waals surface area contributed by atoms with E-state index in [0.29, 0.717) is 18.2 Å². The van der Waals surface area contributed by atoms with Gasteiger partial charge in [0.25, 0.3) is 0 Å². The molecule has 0 saturated heterocycles. The van der Waals surface area contributed by atoms with Crippen LogP contribution in [0.4, 0.5) is 10.1 Å². The first-order chi connectivity index (χ1) is 13.0. The second kappa shape index (κ2) is 8.51. The second-order valence-electron chi connectivity index (χ2n) is 7.23. The van der Waals surface area contributed by atoms with Gasteiger partial charge in [0.2, 0.25) is 11.8 Å². The molecule has 1 fully saturated rings. The first kappa shape index (κ1) is 19.3. The van der Waals surface area contributed by atoms with Gasteiger partial charge in [0.1, 0.15) is 5.82 Å². The van der Waals surface area contributed by atoms with Crippen molar-refractivity contribution in [1.29, 1.82) is 0 Å². The van der Waals surface area contributed by atoms with E-state index in [9.17, 15) is 9.18 Å². The highest BCUT2D eigenvalue weighted by atomic mass is 19.1. The number of benzene rings is 1. The number of carbonyl (C=O) groups excluding carboxylic acids is 1. The number of hydrogen-bond acceptors (Lipinski definition) is 3. The minimum absolute atomic E-state index is 0.0408. The average molecular weight is 370 g/mol. The number of aromatic nitrogens is 1. The lowest BCUT2D eigenvalue weighted by Crippen LogP contribution is -2.42. The summed E-state index contributed by atoms with van der Waals surface area (Å²) in [5.41, 5.74) is 1.68. The van der Waals surface area contributed by atoms with Crippen molar-refractivity contribution in [2.45, 2.75) is 57.8 Å². The number of aryl methyl sites for hydroxylation is 1. The number of hydrogen-bond donors (Lipinski definition) is 1. The summed E-state index contributed by atoms with van der Waals surface area (Å²) in [4.78, 5) is 17.7. The maximum absolute atomic E-state index is 13.4. The Morgan fingerprint density at radius 1 is 1.15 bits per heavy atom. The molecule has 27 heavy (non-hydrogen) atoms. The van der Waals surface area contributed by atoms with Crippen molar-refractivity contribution in [2.24, 2.45) is 0 Å². The van der Waals surface area contributed by atoms with E-state index in [4.69, 9.17) is 4.74 Å². The van der Waals surface area contributed by atoms with Gasteiger partial charge in [-0.2, -0.15) is 0 Å². The van der Waals surface area contributed by atoms with E-state index < -0.39 is 5.41 Å². The van der Waals surface area contributed by atoms with Crippen LogP contribution >= 0.6 is 0 Å². The highest BCUT2D eigenvalue weighted by molar-refractivity contribution is 5.99. The van der Waals surface area contributed by atoms with Crippen molar-refractivity contribution in [1.82, 2.24) is 4.98 Å². The number of rotatable bonds is 6. The van der Waals surface area contributed by atoms with Crippen molar-refractivity contribution in [3.63, 3.8) is 0 Å². The van der Waals surface area contributed by atoms with E-state index in [1.807, 2.05) is 19.9 Å². The highest BCUT2D eigenvalue weighted by Gasteiger charge is 2.41. The highest BCUT2D eigenvalue weighted by Crippen LogP contribution is 2.40. The van der Waals surface area contributed by atoms with Gasteiger partial charge < -0.3 is 10.1 Å². The van der Waals surface area contributed by atoms with Crippen molar-refractivity contribution in [3.05, 3.63) is 53.5 Å². The van der Waals surface area contributed by atoms with Crippen LogP contribution in [-0.2, 0) is 10.2 Å². The van der Waals surface area contributed by atoms with E-state index in [-0.39, 0.29) is 11.7 Å². The molecule has 0 bridgehead atoms. The largest absolute Gasteiger partial charge is 0.478 e. The van der Waals surface area contributed by atoms with Crippen LogP contribution in [0, 0.1) is 12.7 Å². The third-order valence-electron chi connectivity index (χ3n) is 5.30. The monoisotopic (exact) mass is 370 g/mol. The summed E-state index contributed by atoms with van der Waals surface area (Å²) < 4.78 is 18.9. The van der Waals surface area contributed by atoms with Gasteiger partial charge in [-0.3, -0.25) is 4.79 Å². The summed E-state index contributed by atoms with van der Waals surface area (Å²) >= 11 is 0. The van der Waals surface area contributed by atoms with E-state index in [2.05, 4.69) is 10.3 Å². The van der Waals surface area contributed by atoms with Gasteiger partial charge >= 0.3 is 0 Å². The molecule has 1 aromatic carbocycles. The van der Waals surface area contributed by atoms with E-state index in [1.165, 1.54) is 12.1 Å². The smallest absolute Gasteiger partial charge is 0.235 e. The third-order valence-corrected chi connectivity index (χ3v) is 5.30. The molecule has 0 radical (unpaired) electrons. The van der Waals surface area contributed by atoms with Crippen molar-refractivity contribution < 1.29 is 13.9 Å². The summed E-state index contributed by atoms with van der Waals surface area (Å²) in [6.45, 7) is 4.52. The zero-order chi connectivity index (χ0) is 19.3. The number of ether oxygens (including phenoxy) is 1. The Morgan fingerprint density at radius 3 is 2.48 bits per heavy atom. The van der Waals surface area contributed by atoms with Crippen LogP contribution in [0.5, 0.6) is 5.88 Å². The van der Waals surface area contributed by atoms with E-state index >= 15 is 0 Å². The minimum atomic E-state index is -0.615. The summed E-state index contributed by atoms with van der Waals surface area (Å²) in [5, 5.41) is 3.07. The molecule has 0 unspecified atom stereocenters. The van der Waals surface area contributed by atoms with Crippen molar-refractivity contribution in [2.75, 3.05) is 11.9 Å². The van der Waals surface area contributed by atoms with Crippen molar-refractivity contribution in [3.8, 4) is 5.88 Å². The Bertz CT molecular complexity index is 783. The molecule has 1 aromatic heterocycles. The van der Waals surface area contributed by atoms with Crippen LogP contribution in [0.15, 0.2) is 36.4 Å². The quantitative estimate of drug-likeness (QED) is 0.764. The first-order valence-electron chi connectivity index (χ1n) is 9.73. The number of anilines is 1. The molecule has 1 N–H and O–H groups in total. The van der Waals surface area contributed by atoms with Crippen LogP contribution in [0.25, 0.3) is 0 Å². The van der Waals surface area contributed by atoms with Crippen LogP contribution < -0.4 is 10.1 Å². The van der Waals surface area contributed by atoms with Gasteiger partial charge in [0.05, 0.1) is 23.4 Å². The molecule has 5 heteroatoms.